The summed E-state index contributed by atoms with van der Waals surface area (Å²) in [5.41, 5.74) is 0.479. The van der Waals surface area contributed by atoms with E-state index < -0.39 is 11.2 Å². The van der Waals surface area contributed by atoms with Crippen LogP contribution in [0.2, 0.25) is 0 Å². The van der Waals surface area contributed by atoms with Gasteiger partial charge in [-0.05, 0) is 43.2 Å². The molecule has 31 heavy (non-hydrogen) atoms. The molecule has 1 heterocycles. The van der Waals surface area contributed by atoms with Crippen molar-refractivity contribution < 1.29 is 9.59 Å². The molecular formula is C23H26N4O4. The van der Waals surface area contributed by atoms with Gasteiger partial charge in [-0.1, -0.05) is 31.2 Å². The highest BCUT2D eigenvalue weighted by Crippen LogP contribution is 2.12. The van der Waals surface area contributed by atoms with Crippen molar-refractivity contribution >= 4 is 22.7 Å². The number of amides is 2. The third kappa shape index (κ3) is 4.74. The van der Waals surface area contributed by atoms with Crippen LogP contribution in [0.25, 0.3) is 16.6 Å². The van der Waals surface area contributed by atoms with Crippen molar-refractivity contribution in [3.05, 3.63) is 74.9 Å². The van der Waals surface area contributed by atoms with Gasteiger partial charge in [-0.15, -0.1) is 0 Å². The molecule has 0 unspecified atom stereocenters. The van der Waals surface area contributed by atoms with E-state index in [2.05, 4.69) is 10.6 Å². The highest BCUT2D eigenvalue weighted by atomic mass is 16.2. The zero-order valence-corrected chi connectivity index (χ0v) is 17.8. The molecular weight excluding hydrogens is 396 g/mol. The standard InChI is InChI=1S/C23H26N4O4/c1-4-15(2)25-21(29)14-26-19-8-6-5-7-18(19)22(30)27(23(26)31)17-11-9-16(10-12-17)13-20(28)24-3/h5-12,15H,4,13-14H2,1-3H3,(H,24,28)(H,25,29)/t15-/m1/s1. The van der Waals surface area contributed by atoms with E-state index in [9.17, 15) is 19.2 Å². The second-order valence-electron chi connectivity index (χ2n) is 7.42. The molecule has 0 saturated carbocycles. The second-order valence-corrected chi connectivity index (χ2v) is 7.42. The fourth-order valence-corrected chi connectivity index (χ4v) is 3.30. The van der Waals surface area contributed by atoms with Crippen LogP contribution < -0.4 is 21.9 Å². The number of nitrogens with one attached hydrogen (secondary N) is 2. The van der Waals surface area contributed by atoms with Gasteiger partial charge in [0.15, 0.2) is 0 Å². The summed E-state index contributed by atoms with van der Waals surface area (Å²) < 4.78 is 2.37. The Labute approximate surface area is 179 Å². The minimum absolute atomic E-state index is 0.0202. The molecule has 1 atom stereocenters. The second kappa shape index (κ2) is 9.42. The van der Waals surface area contributed by atoms with E-state index in [1.807, 2.05) is 13.8 Å². The van der Waals surface area contributed by atoms with Crippen molar-refractivity contribution in [2.45, 2.75) is 39.3 Å². The lowest BCUT2D eigenvalue weighted by molar-refractivity contribution is -0.122. The topological polar surface area (TPSA) is 102 Å². The van der Waals surface area contributed by atoms with Crippen LogP contribution in [0.3, 0.4) is 0 Å². The Hall–Kier alpha value is -3.68. The van der Waals surface area contributed by atoms with E-state index in [0.29, 0.717) is 16.6 Å². The first-order chi connectivity index (χ1) is 14.8. The van der Waals surface area contributed by atoms with E-state index in [1.54, 1.807) is 55.6 Å². The molecule has 2 amide bonds. The molecule has 8 heteroatoms. The van der Waals surface area contributed by atoms with E-state index in [-0.39, 0.29) is 30.8 Å². The zero-order valence-electron chi connectivity index (χ0n) is 17.8. The third-order valence-corrected chi connectivity index (χ3v) is 5.21. The number of carbonyl (C=O) groups is 2. The van der Waals surface area contributed by atoms with Gasteiger partial charge in [0.2, 0.25) is 11.8 Å². The average molecular weight is 422 g/mol. The van der Waals surface area contributed by atoms with E-state index >= 15 is 0 Å². The van der Waals surface area contributed by atoms with E-state index in [1.165, 1.54) is 4.57 Å². The molecule has 0 aliphatic rings. The van der Waals surface area contributed by atoms with Crippen LogP contribution in [-0.2, 0) is 22.6 Å². The summed E-state index contributed by atoms with van der Waals surface area (Å²) in [6.07, 6.45) is 0.965. The smallest absolute Gasteiger partial charge is 0.336 e. The van der Waals surface area contributed by atoms with Gasteiger partial charge in [-0.25, -0.2) is 9.36 Å². The van der Waals surface area contributed by atoms with Gasteiger partial charge in [0.25, 0.3) is 5.56 Å². The summed E-state index contributed by atoms with van der Waals surface area (Å²) in [5.74, 6) is -0.432. The van der Waals surface area contributed by atoms with Crippen molar-refractivity contribution in [1.82, 2.24) is 19.8 Å². The number of carbonyl (C=O) groups excluding carboxylic acids is 2. The highest BCUT2D eigenvalue weighted by molar-refractivity contribution is 5.82. The lowest BCUT2D eigenvalue weighted by Gasteiger charge is -2.16. The lowest BCUT2D eigenvalue weighted by Crippen LogP contribution is -2.43. The van der Waals surface area contributed by atoms with Crippen LogP contribution in [0.1, 0.15) is 25.8 Å². The summed E-state index contributed by atoms with van der Waals surface area (Å²) in [6, 6.07) is 13.4. The van der Waals surface area contributed by atoms with Crippen LogP contribution >= 0.6 is 0 Å². The largest absolute Gasteiger partial charge is 0.359 e. The average Bonchev–Trinajstić information content (AvgIpc) is 2.77. The number of aromatic nitrogens is 2. The van der Waals surface area contributed by atoms with E-state index in [0.717, 1.165) is 16.6 Å². The molecule has 0 spiro atoms. The number of fused-ring (bicyclic) bond motifs is 1. The highest BCUT2D eigenvalue weighted by Gasteiger charge is 2.17. The first-order valence-corrected chi connectivity index (χ1v) is 10.2. The number of hydrogen-bond donors (Lipinski definition) is 2. The number of rotatable bonds is 7. The number of para-hydroxylation sites is 1. The molecule has 0 bridgehead atoms. The maximum absolute atomic E-state index is 13.3. The lowest BCUT2D eigenvalue weighted by atomic mass is 10.1. The fraction of sp³-hybridized carbons (Fsp3) is 0.304. The van der Waals surface area contributed by atoms with Gasteiger partial charge in [0.05, 0.1) is 23.0 Å². The van der Waals surface area contributed by atoms with Gasteiger partial charge in [-0.3, -0.25) is 19.0 Å². The molecule has 162 valence electrons. The maximum atomic E-state index is 13.3. The quantitative estimate of drug-likeness (QED) is 0.600. The molecule has 0 radical (unpaired) electrons. The summed E-state index contributed by atoms with van der Waals surface area (Å²) in [5, 5.41) is 5.75. The maximum Gasteiger partial charge on any atom is 0.336 e. The van der Waals surface area contributed by atoms with E-state index in [4.69, 9.17) is 0 Å². The Kier molecular flexibility index (Phi) is 6.69. The Balaban J connectivity index is 2.10. The van der Waals surface area contributed by atoms with Crippen LogP contribution in [0.4, 0.5) is 0 Å². The van der Waals surface area contributed by atoms with Gasteiger partial charge in [-0.2, -0.15) is 0 Å². The van der Waals surface area contributed by atoms with Gasteiger partial charge >= 0.3 is 5.69 Å². The number of likely N-dealkylation sites (N-methyl/N-ethyl adjacent to an activating group) is 1. The minimum Gasteiger partial charge on any atom is -0.359 e. The molecule has 1 aromatic heterocycles. The Morgan fingerprint density at radius 1 is 1.00 bits per heavy atom. The Morgan fingerprint density at radius 3 is 2.32 bits per heavy atom. The zero-order chi connectivity index (χ0) is 22.5. The van der Waals surface area contributed by atoms with Crippen molar-refractivity contribution in [2.24, 2.45) is 0 Å². The SMILES string of the molecule is CC[C@@H](C)NC(=O)Cn1c(=O)n(-c2ccc(CC(=O)NC)cc2)c(=O)c2ccccc21. The molecule has 0 aliphatic heterocycles. The molecule has 3 rings (SSSR count). The summed E-state index contributed by atoms with van der Waals surface area (Å²) >= 11 is 0. The van der Waals surface area contributed by atoms with Gasteiger partial charge in [0, 0.05) is 13.1 Å². The molecule has 2 aromatic carbocycles. The fourth-order valence-electron chi connectivity index (χ4n) is 3.30. The van der Waals surface area contributed by atoms with Crippen LogP contribution in [0.15, 0.2) is 58.1 Å². The summed E-state index contributed by atoms with van der Waals surface area (Å²) in [4.78, 5) is 50.5. The molecule has 2 N–H and O–H groups in total. The Morgan fingerprint density at radius 2 is 1.68 bits per heavy atom. The minimum atomic E-state index is -0.595. The van der Waals surface area contributed by atoms with Crippen LogP contribution in [0.5, 0.6) is 0 Å². The monoisotopic (exact) mass is 422 g/mol. The number of benzene rings is 2. The summed E-state index contributed by atoms with van der Waals surface area (Å²) in [6.45, 7) is 3.65. The molecule has 8 nitrogen and oxygen atoms in total. The molecule has 0 fully saturated rings. The van der Waals surface area contributed by atoms with Gasteiger partial charge in [0.1, 0.15) is 6.54 Å². The third-order valence-electron chi connectivity index (χ3n) is 5.21. The number of nitrogens with zero attached hydrogens (tertiary/aromatic N) is 2. The molecule has 0 saturated heterocycles. The van der Waals surface area contributed by atoms with Crippen molar-refractivity contribution in [2.75, 3.05) is 7.05 Å². The predicted molar refractivity (Wildman–Crippen MR) is 119 cm³/mol. The van der Waals surface area contributed by atoms with Crippen molar-refractivity contribution in [3.8, 4) is 5.69 Å². The summed E-state index contributed by atoms with van der Waals surface area (Å²) in [7, 11) is 1.56. The van der Waals surface area contributed by atoms with Crippen LogP contribution in [-0.4, -0.2) is 34.0 Å². The predicted octanol–water partition coefficient (Wildman–Crippen LogP) is 1.36. The van der Waals surface area contributed by atoms with Crippen molar-refractivity contribution in [1.29, 1.82) is 0 Å². The molecule has 0 aliphatic carbocycles. The van der Waals surface area contributed by atoms with Gasteiger partial charge < -0.3 is 10.6 Å². The van der Waals surface area contributed by atoms with Crippen molar-refractivity contribution in [3.63, 3.8) is 0 Å². The molecule has 3 aromatic rings. The first kappa shape index (κ1) is 22.0. The Bertz CT molecular complexity index is 1230. The van der Waals surface area contributed by atoms with Crippen LogP contribution in [0, 0.1) is 0 Å². The normalized spacial score (nSPS) is 11.8. The first-order valence-electron chi connectivity index (χ1n) is 10.2. The number of hydrogen-bond acceptors (Lipinski definition) is 4.